The van der Waals surface area contributed by atoms with Gasteiger partial charge < -0.3 is 33.4 Å². The number of rotatable bonds is 16. The normalized spacial score (nSPS) is 10.7. The molecule has 0 bridgehead atoms. The predicted molar refractivity (Wildman–Crippen MR) is 602 cm³/mol. The Hall–Kier alpha value is -5.82. The van der Waals surface area contributed by atoms with Gasteiger partial charge in [-0.25, -0.2) is 54.7 Å². The maximum Gasteiger partial charge on any atom is 1.00 e. The smallest absolute Gasteiger partial charge is 1.00 e. The molecule has 19 nitrogen and oxygen atoms in total. The number of aromatic nitrogens is 10. The number of carbonyl (C=O) groups excluding carboxylic acids is 1. The fourth-order valence-electron chi connectivity index (χ4n) is 11.4. The Bertz CT molecular complexity index is 7230. The number of alkyl halides is 3. The molecule has 20 aromatic rings. The van der Waals surface area contributed by atoms with E-state index in [4.69, 9.17) is 51.6 Å². The topological polar surface area (TPSA) is 227 Å². The van der Waals surface area contributed by atoms with Crippen LogP contribution in [0.1, 0.15) is 34.3 Å². The Labute approximate surface area is 922 Å². The van der Waals surface area contributed by atoms with Crippen molar-refractivity contribution in [3.8, 4) is 5.75 Å². The second-order valence-electron chi connectivity index (χ2n) is 28.3. The molecule has 10 aromatic heterocycles. The van der Waals surface area contributed by atoms with Crippen LogP contribution in [0.4, 0.5) is 24.5 Å². The number of nitrogens with zero attached hydrogens (tertiary/aromatic N) is 13. The average molecular weight is 2310 g/mol. The van der Waals surface area contributed by atoms with E-state index in [-0.39, 0.29) is 47.9 Å². The zero-order valence-electron chi connectivity index (χ0n) is 77.5. The third-order valence-electron chi connectivity index (χ3n) is 18.0. The Morgan fingerprint density at radius 3 is 1.25 bits per heavy atom. The number of fused-ring (bicyclic) bond motifs is 10. The minimum atomic E-state index is -4.28. The molecule has 10 aromatic carbocycles. The molecule has 1 amide bonds. The molecule has 0 saturated heterocycles. The summed E-state index contributed by atoms with van der Waals surface area (Å²) in [5, 5.41) is 2.26. The summed E-state index contributed by atoms with van der Waals surface area (Å²) >= 11 is 43.0. The average Bonchev–Trinajstić information content (AvgIpc) is 1.67. The molecule has 0 atom stereocenters. The third-order valence-corrected chi connectivity index (χ3v) is 37.1. The minimum Gasteiger partial charge on any atom is -1.00 e. The van der Waals surface area contributed by atoms with Crippen LogP contribution in [0.5, 0.6) is 5.75 Å². The zero-order valence-corrected chi connectivity index (χ0v) is 98.1. The number of thioether (sulfide) groups is 10. The molecule has 0 aliphatic rings. The second kappa shape index (κ2) is 59.1. The molecule has 0 aliphatic heterocycles. The Balaban J connectivity index is 0.000000188. The van der Waals surface area contributed by atoms with Crippen LogP contribution in [0.3, 0.4) is 0 Å². The first-order valence-corrected chi connectivity index (χ1v) is 61.3. The summed E-state index contributed by atoms with van der Waals surface area (Å²) in [7, 11) is 8.57. The first-order valence-electron chi connectivity index (χ1n) is 40.0. The summed E-state index contributed by atoms with van der Waals surface area (Å²) in [6.07, 6.45) is 19.1. The number of methoxy groups -OCH3 is 1. The molecule has 0 fully saturated rings. The number of halogens is 6. The van der Waals surface area contributed by atoms with Crippen LogP contribution in [0, 0.1) is 13.5 Å². The van der Waals surface area contributed by atoms with Gasteiger partial charge >= 0.3 is 46.3 Å². The van der Waals surface area contributed by atoms with Gasteiger partial charge in [-0.1, -0.05) is 184 Å². The van der Waals surface area contributed by atoms with Gasteiger partial charge in [0.1, 0.15) is 17.0 Å². The molecular formula is C93H88Cl3F3N13NaO6S20. The summed E-state index contributed by atoms with van der Waals surface area (Å²) in [6.45, 7) is 10.7. The summed E-state index contributed by atoms with van der Waals surface area (Å²) in [6, 6.07) is 61.5. The number of amides is 1. The molecule has 0 unspecified atom stereocenters. The van der Waals surface area contributed by atoms with Crippen molar-refractivity contribution in [2.75, 3.05) is 105 Å². The van der Waals surface area contributed by atoms with Crippen molar-refractivity contribution in [3.05, 3.63) is 239 Å². The molecule has 724 valence electrons. The van der Waals surface area contributed by atoms with E-state index >= 15 is 0 Å². The van der Waals surface area contributed by atoms with Gasteiger partial charge in [0.25, 0.3) is 11.1 Å². The van der Waals surface area contributed by atoms with E-state index < -0.39 is 22.3 Å². The number of quaternary nitrogens is 1. The van der Waals surface area contributed by atoms with Crippen molar-refractivity contribution in [1.82, 2.24) is 59.2 Å². The number of hydrogen-bond acceptors (Lipinski definition) is 35. The Kier molecular flexibility index (Phi) is 50.3. The minimum absolute atomic E-state index is 0. The van der Waals surface area contributed by atoms with E-state index in [1.807, 2.05) is 171 Å². The molecule has 10 heterocycles. The van der Waals surface area contributed by atoms with Crippen LogP contribution in [-0.2, 0) is 23.2 Å². The van der Waals surface area contributed by atoms with E-state index in [0.29, 0.717) is 21.5 Å². The molecule has 0 spiro atoms. The van der Waals surface area contributed by atoms with E-state index in [1.54, 1.807) is 217 Å². The van der Waals surface area contributed by atoms with E-state index in [1.165, 1.54) is 82.1 Å². The SMILES string of the molecule is COc1ccc2sc(SC)nc2c1.CSc1nc2cc(C(=O)N(C)C)ccc2s1.CSc1nc2cc(Cl)ccc2s1.CSc1nc2cc([N+](C)(C)C)ccc2s1.CSc1nc2ccc(C(F)(F)F)cc2s1.CSc1nc2ccc(Cl)cc2s1.CSc1nc2ccccc2o1.CSc1nc2ccccc2s1.O=S(=O)=O.[C-]#[N+]c1ccc2nc(SC)sc2c1.[CH2-]CCCc1ccc2nc(SC)sc2c1.[Cl-].[Na+]. The predicted octanol–water partition coefficient (Wildman–Crippen LogP) is 26.7. The summed E-state index contributed by atoms with van der Waals surface area (Å²) in [5.74, 6) is 0.881. The molecule has 0 radical (unpaired) electrons. The van der Waals surface area contributed by atoms with Crippen molar-refractivity contribution in [2.24, 2.45) is 0 Å². The number of carbonyl (C=O) groups is 1. The van der Waals surface area contributed by atoms with Crippen molar-refractivity contribution in [1.29, 1.82) is 0 Å². The first kappa shape index (κ1) is 118. The number of para-hydroxylation sites is 3. The molecule has 0 aliphatic carbocycles. The van der Waals surface area contributed by atoms with Gasteiger partial charge in [0, 0.05) is 52.6 Å². The second-order valence-corrected chi connectivity index (χ2v) is 49.1. The Morgan fingerprint density at radius 2 is 0.806 bits per heavy atom. The number of benzene rings is 10. The number of aryl methyl sites for hydroxylation is 1. The first-order chi connectivity index (χ1) is 65.7. The number of thiazole rings is 9. The molecule has 0 saturated carbocycles. The largest absolute Gasteiger partial charge is 1.00 e. The zero-order chi connectivity index (χ0) is 99.0. The van der Waals surface area contributed by atoms with Crippen LogP contribution >= 0.6 is 243 Å². The fourth-order valence-corrected chi connectivity index (χ4v) is 25.7. The van der Waals surface area contributed by atoms with E-state index in [2.05, 4.69) is 144 Å². The van der Waals surface area contributed by atoms with Crippen molar-refractivity contribution in [2.45, 2.75) is 69.7 Å². The van der Waals surface area contributed by atoms with Crippen LogP contribution in [0.25, 0.3) is 108 Å². The quantitative estimate of drug-likeness (QED) is 0.0379. The van der Waals surface area contributed by atoms with Crippen LogP contribution < -0.4 is 51.2 Å². The fraction of sp³-hybridized carbons (Fsp3) is 0.215. The van der Waals surface area contributed by atoms with Gasteiger partial charge in [-0.05, 0) is 214 Å². The van der Waals surface area contributed by atoms with Gasteiger partial charge in [0.05, 0.1) is 128 Å². The summed E-state index contributed by atoms with van der Waals surface area (Å²) < 4.78 is 93.6. The summed E-state index contributed by atoms with van der Waals surface area (Å²) in [5.41, 5.74) is 14.2. The van der Waals surface area contributed by atoms with Crippen molar-refractivity contribution in [3.63, 3.8) is 0 Å². The van der Waals surface area contributed by atoms with Crippen LogP contribution in [0.2, 0.25) is 10.0 Å². The molecule has 20 rings (SSSR count). The van der Waals surface area contributed by atoms with Gasteiger partial charge in [0.15, 0.2) is 50.3 Å². The van der Waals surface area contributed by atoms with E-state index in [9.17, 15) is 18.0 Å². The van der Waals surface area contributed by atoms with E-state index in [0.717, 1.165) is 159 Å². The van der Waals surface area contributed by atoms with Crippen LogP contribution in [0.15, 0.2) is 243 Å². The van der Waals surface area contributed by atoms with Crippen molar-refractivity contribution < 1.29 is 81.7 Å². The van der Waals surface area contributed by atoms with Gasteiger partial charge in [-0.3, -0.25) is 9.28 Å². The molecule has 139 heavy (non-hydrogen) atoms. The molecule has 0 N–H and O–H groups in total. The van der Waals surface area contributed by atoms with Crippen molar-refractivity contribution >= 4 is 374 Å². The Morgan fingerprint density at radius 1 is 0.439 bits per heavy atom. The van der Waals surface area contributed by atoms with Crippen LogP contribution in [-0.4, -0.2) is 178 Å². The monoisotopic (exact) mass is 2310 g/mol. The molecular weight excluding hydrogens is 2220 g/mol. The van der Waals surface area contributed by atoms with Gasteiger partial charge in [-0.2, -0.15) is 19.6 Å². The number of hydrogen-bond donors (Lipinski definition) is 0. The van der Waals surface area contributed by atoms with Gasteiger partial charge in [0.2, 0.25) is 0 Å². The maximum atomic E-state index is 12.4. The number of oxazole rings is 1. The standard InChI is InChI=1S/C12H14NS2.C11H12N2OS2.C11H15N2S2.C9H6F3NS2.C9H6N2S2.C9H9NOS2.2C8H6ClNS2.C8H7NOS.C8H7NS2.ClH.Na.O3S/c1-3-4-5-9-6-7-10-11(8-9)15-12(13-10)14-2;1-13(2)10(14)7-4-5-9-8(6-7)12-11(15-3)16-9;1-13(2,3)8-5-6-10-9(7-8)12-11(14-4)15-10;1-14-8-13-6-3-2-5(9(10,11)12)4-7(6)15-8;1-10-6-3-4-7-8(5-6)13-9(11-7)12-2;1-11-6-3-4-8-7(5-6)10-9(12-2)13-8;1-11-8-10-6-4-5(9)2-3-7(6)12-8;1-11-8-10-6-3-2-5(9)4-7(6)12-8;1-11-8-9-6-4-2-3-5-7(6)10-8;1-10-8-9-6-4-2-3-5-7(6)11-8;;;1-4(2)3/h6-8H,1,3-5H2,2H3;4-6H,1-3H3;5-7H,1-4H3;2-4H,1H3;3-5H,2H3;3-5H,1-2H3;2*2-4H,1H3;2*2-5H,1H3;1H;;/q-1;;+1;;;;;;;;;+1;/p-1. The third kappa shape index (κ3) is 36.4. The van der Waals surface area contributed by atoms with Gasteiger partial charge in [-0.15, -0.1) is 115 Å². The summed E-state index contributed by atoms with van der Waals surface area (Å²) in [4.78, 5) is 60.7. The number of ether oxygens (including phenoxy) is 1. The molecule has 46 heteroatoms. The maximum absolute atomic E-state index is 12.4. The number of unbranched alkanes of at least 4 members (excludes halogenated alkanes) is 1.